The van der Waals surface area contributed by atoms with Gasteiger partial charge in [-0.05, 0) is 18.2 Å². The highest BCUT2D eigenvalue weighted by Crippen LogP contribution is 2.18. The first-order valence-corrected chi connectivity index (χ1v) is 5.55. The number of carbonyl (C=O) groups excluding carboxylic acids is 1. The van der Waals surface area contributed by atoms with Gasteiger partial charge in [0.1, 0.15) is 5.69 Å². The predicted octanol–water partition coefficient (Wildman–Crippen LogP) is 1.28. The van der Waals surface area contributed by atoms with Crippen molar-refractivity contribution in [1.82, 2.24) is 20.1 Å². The van der Waals surface area contributed by atoms with Crippen molar-refractivity contribution in [3.8, 4) is 11.4 Å². The first-order chi connectivity index (χ1) is 8.70. The van der Waals surface area contributed by atoms with E-state index in [-0.39, 0.29) is 5.91 Å². The molecule has 1 amide bonds. The van der Waals surface area contributed by atoms with Gasteiger partial charge in [0.05, 0.1) is 5.69 Å². The molecule has 0 bridgehead atoms. The number of rotatable bonds is 4. The molecule has 0 saturated carbocycles. The van der Waals surface area contributed by atoms with Gasteiger partial charge in [-0.25, -0.2) is 0 Å². The molecule has 0 aliphatic rings. The Labute approximate surface area is 105 Å². The molecule has 5 heteroatoms. The second kappa shape index (κ2) is 5.27. The van der Waals surface area contributed by atoms with Crippen molar-refractivity contribution < 1.29 is 4.79 Å². The van der Waals surface area contributed by atoms with Gasteiger partial charge >= 0.3 is 0 Å². The van der Waals surface area contributed by atoms with Crippen LogP contribution in [0.15, 0.2) is 43.2 Å². The highest BCUT2D eigenvalue weighted by atomic mass is 16.1. The van der Waals surface area contributed by atoms with Gasteiger partial charge in [0.2, 0.25) is 5.91 Å². The maximum Gasteiger partial charge on any atom is 0.243 e. The Bertz CT molecular complexity index is 560. The Morgan fingerprint density at radius 1 is 1.56 bits per heavy atom. The third kappa shape index (κ3) is 2.63. The molecule has 0 aliphatic heterocycles. The standard InChI is InChI=1S/C13H14N4O/c1-3-12(18)15-8-10-9-17(2)16-13(10)11-6-4-5-7-14-11/h3-7,9H,1,8H2,2H3,(H,15,18). The minimum atomic E-state index is -0.203. The number of amides is 1. The second-order valence-corrected chi connectivity index (χ2v) is 3.81. The number of aryl methyl sites for hydroxylation is 1. The SMILES string of the molecule is C=CC(=O)NCc1cn(C)nc1-c1ccccn1. The lowest BCUT2D eigenvalue weighted by atomic mass is 10.2. The fraction of sp³-hybridized carbons (Fsp3) is 0.154. The Morgan fingerprint density at radius 3 is 3.06 bits per heavy atom. The minimum Gasteiger partial charge on any atom is -0.348 e. The molecule has 92 valence electrons. The maximum absolute atomic E-state index is 11.2. The van der Waals surface area contributed by atoms with Crippen LogP contribution in [0.5, 0.6) is 0 Å². The fourth-order valence-electron chi connectivity index (χ4n) is 1.64. The number of carbonyl (C=O) groups is 1. The summed E-state index contributed by atoms with van der Waals surface area (Å²) in [7, 11) is 1.84. The number of pyridine rings is 1. The van der Waals surface area contributed by atoms with Crippen LogP contribution in [-0.4, -0.2) is 20.7 Å². The van der Waals surface area contributed by atoms with Crippen LogP contribution in [0.4, 0.5) is 0 Å². The third-order valence-electron chi connectivity index (χ3n) is 2.45. The van der Waals surface area contributed by atoms with Crippen LogP contribution < -0.4 is 5.32 Å². The van der Waals surface area contributed by atoms with Crippen LogP contribution in [0.1, 0.15) is 5.56 Å². The molecule has 0 unspecified atom stereocenters. The van der Waals surface area contributed by atoms with E-state index in [1.807, 2.05) is 31.4 Å². The molecule has 0 aromatic carbocycles. The zero-order valence-electron chi connectivity index (χ0n) is 10.1. The van der Waals surface area contributed by atoms with E-state index in [1.165, 1.54) is 6.08 Å². The van der Waals surface area contributed by atoms with Crippen molar-refractivity contribution in [3.05, 3.63) is 48.8 Å². The van der Waals surface area contributed by atoms with Gasteiger partial charge in [0, 0.05) is 31.5 Å². The summed E-state index contributed by atoms with van der Waals surface area (Å²) in [5.74, 6) is -0.203. The topological polar surface area (TPSA) is 59.8 Å². The lowest BCUT2D eigenvalue weighted by molar-refractivity contribution is -0.116. The molecule has 2 heterocycles. The monoisotopic (exact) mass is 242 g/mol. The summed E-state index contributed by atoms with van der Waals surface area (Å²) in [6, 6.07) is 5.65. The third-order valence-corrected chi connectivity index (χ3v) is 2.45. The molecule has 18 heavy (non-hydrogen) atoms. The van der Waals surface area contributed by atoms with Gasteiger partial charge in [0.25, 0.3) is 0 Å². The zero-order valence-corrected chi connectivity index (χ0v) is 10.1. The van der Waals surface area contributed by atoms with E-state index >= 15 is 0 Å². The predicted molar refractivity (Wildman–Crippen MR) is 68.5 cm³/mol. The first kappa shape index (κ1) is 12.0. The summed E-state index contributed by atoms with van der Waals surface area (Å²) in [5.41, 5.74) is 2.50. The Balaban J connectivity index is 2.26. The van der Waals surface area contributed by atoms with Crippen LogP contribution in [0.2, 0.25) is 0 Å². The van der Waals surface area contributed by atoms with Gasteiger partial charge in [-0.1, -0.05) is 12.6 Å². The maximum atomic E-state index is 11.2. The molecule has 0 aliphatic carbocycles. The van der Waals surface area contributed by atoms with Gasteiger partial charge in [0.15, 0.2) is 0 Å². The molecule has 5 nitrogen and oxygen atoms in total. The van der Waals surface area contributed by atoms with Crippen LogP contribution in [0.3, 0.4) is 0 Å². The van der Waals surface area contributed by atoms with Crippen molar-refractivity contribution >= 4 is 5.91 Å². The van der Waals surface area contributed by atoms with Crippen molar-refractivity contribution in [2.24, 2.45) is 7.05 Å². The zero-order chi connectivity index (χ0) is 13.0. The molecule has 0 radical (unpaired) electrons. The molecular weight excluding hydrogens is 228 g/mol. The summed E-state index contributed by atoms with van der Waals surface area (Å²) >= 11 is 0. The Hall–Kier alpha value is -2.43. The molecule has 0 atom stereocenters. The van der Waals surface area contributed by atoms with Crippen LogP contribution >= 0.6 is 0 Å². The van der Waals surface area contributed by atoms with Crippen molar-refractivity contribution in [1.29, 1.82) is 0 Å². The lowest BCUT2D eigenvalue weighted by Crippen LogP contribution is -2.20. The molecule has 2 rings (SSSR count). The molecule has 1 N–H and O–H groups in total. The quantitative estimate of drug-likeness (QED) is 0.822. The van der Waals surface area contributed by atoms with E-state index < -0.39 is 0 Å². The van der Waals surface area contributed by atoms with Crippen molar-refractivity contribution in [3.63, 3.8) is 0 Å². The van der Waals surface area contributed by atoms with Crippen LogP contribution in [0.25, 0.3) is 11.4 Å². The number of aromatic nitrogens is 3. The Kier molecular flexibility index (Phi) is 3.52. The van der Waals surface area contributed by atoms with Crippen molar-refractivity contribution in [2.75, 3.05) is 0 Å². The van der Waals surface area contributed by atoms with Crippen LogP contribution in [0, 0.1) is 0 Å². The molecule has 0 fully saturated rings. The largest absolute Gasteiger partial charge is 0.348 e. The number of hydrogen-bond acceptors (Lipinski definition) is 3. The molecule has 2 aromatic heterocycles. The minimum absolute atomic E-state index is 0.203. The van der Waals surface area contributed by atoms with E-state index in [9.17, 15) is 4.79 Å². The molecule has 0 spiro atoms. The smallest absolute Gasteiger partial charge is 0.243 e. The van der Waals surface area contributed by atoms with E-state index in [0.717, 1.165) is 17.0 Å². The number of hydrogen-bond donors (Lipinski definition) is 1. The summed E-state index contributed by atoms with van der Waals surface area (Å²) in [4.78, 5) is 15.4. The number of nitrogens with zero attached hydrogens (tertiary/aromatic N) is 3. The van der Waals surface area contributed by atoms with Crippen molar-refractivity contribution in [2.45, 2.75) is 6.54 Å². The summed E-state index contributed by atoms with van der Waals surface area (Å²) < 4.78 is 1.71. The summed E-state index contributed by atoms with van der Waals surface area (Å²) in [6.45, 7) is 3.82. The lowest BCUT2D eigenvalue weighted by Gasteiger charge is -2.02. The fourth-order valence-corrected chi connectivity index (χ4v) is 1.64. The van der Waals surface area contributed by atoms with Gasteiger partial charge < -0.3 is 5.32 Å². The van der Waals surface area contributed by atoms with E-state index in [4.69, 9.17) is 0 Å². The molecular formula is C13H14N4O. The van der Waals surface area contributed by atoms with Gasteiger partial charge in [-0.3, -0.25) is 14.5 Å². The highest BCUT2D eigenvalue weighted by molar-refractivity contribution is 5.86. The molecule has 2 aromatic rings. The van der Waals surface area contributed by atoms with E-state index in [1.54, 1.807) is 10.9 Å². The van der Waals surface area contributed by atoms with E-state index in [2.05, 4.69) is 22.0 Å². The average molecular weight is 242 g/mol. The van der Waals surface area contributed by atoms with Gasteiger partial charge in [-0.15, -0.1) is 0 Å². The summed E-state index contributed by atoms with van der Waals surface area (Å²) in [5, 5.41) is 7.10. The Morgan fingerprint density at radius 2 is 2.39 bits per heavy atom. The average Bonchev–Trinajstić information content (AvgIpc) is 2.78. The summed E-state index contributed by atoms with van der Waals surface area (Å²) in [6.07, 6.45) is 4.83. The normalized spacial score (nSPS) is 10.1. The number of nitrogens with one attached hydrogen (secondary N) is 1. The van der Waals surface area contributed by atoms with Gasteiger partial charge in [-0.2, -0.15) is 5.10 Å². The second-order valence-electron chi connectivity index (χ2n) is 3.81. The van der Waals surface area contributed by atoms with E-state index in [0.29, 0.717) is 6.54 Å². The highest BCUT2D eigenvalue weighted by Gasteiger charge is 2.11. The first-order valence-electron chi connectivity index (χ1n) is 5.55. The molecule has 0 saturated heterocycles. The van der Waals surface area contributed by atoms with Crippen LogP contribution in [-0.2, 0) is 18.4 Å².